The van der Waals surface area contributed by atoms with Crippen molar-refractivity contribution in [3.63, 3.8) is 0 Å². The maximum absolute atomic E-state index is 12.9. The molecule has 8 heteroatoms. The van der Waals surface area contributed by atoms with Crippen LogP contribution in [-0.4, -0.2) is 11.7 Å². The molecular weight excluding hydrogens is 459 g/mol. The molecule has 2 aromatic heterocycles. The maximum atomic E-state index is 12.9. The fraction of sp³-hybridized carbons (Fsp3) is 0.0370. The van der Waals surface area contributed by atoms with Crippen molar-refractivity contribution in [2.75, 3.05) is 5.32 Å². The van der Waals surface area contributed by atoms with Gasteiger partial charge in [-0.2, -0.15) is 13.2 Å². The number of hydrogen-bond acceptors (Lipinski definition) is 4. The molecule has 35 heavy (non-hydrogen) atoms. The predicted octanol–water partition coefficient (Wildman–Crippen LogP) is 7.11. The van der Waals surface area contributed by atoms with Gasteiger partial charge in [-0.15, -0.1) is 0 Å². The Morgan fingerprint density at radius 1 is 0.829 bits per heavy atom. The highest BCUT2D eigenvalue weighted by atomic mass is 19.4. The zero-order valence-electron chi connectivity index (χ0n) is 18.1. The molecule has 0 bridgehead atoms. The third-order valence-electron chi connectivity index (χ3n) is 4.86. The van der Waals surface area contributed by atoms with Crippen LogP contribution in [0.25, 0.3) is 23.5 Å². The lowest BCUT2D eigenvalue weighted by atomic mass is 10.1. The summed E-state index contributed by atoms with van der Waals surface area (Å²) in [6.45, 7) is 0. The third-order valence-corrected chi connectivity index (χ3v) is 4.86. The first-order chi connectivity index (χ1) is 16.8. The summed E-state index contributed by atoms with van der Waals surface area (Å²) in [5.74, 6) is 0.348. The fourth-order valence-electron chi connectivity index (χ4n) is 3.18. The number of ketones is 1. The second-order valence-electron chi connectivity index (χ2n) is 7.40. The molecule has 0 atom stereocenters. The maximum Gasteiger partial charge on any atom is 0.416 e. The van der Waals surface area contributed by atoms with Crippen molar-refractivity contribution in [1.29, 1.82) is 0 Å². The van der Waals surface area contributed by atoms with Crippen molar-refractivity contribution in [2.24, 2.45) is 0 Å². The van der Waals surface area contributed by atoms with Crippen LogP contribution in [0.3, 0.4) is 0 Å². The lowest BCUT2D eigenvalue weighted by Gasteiger charge is -2.07. The minimum absolute atomic E-state index is 0.246. The van der Waals surface area contributed by atoms with E-state index in [1.54, 1.807) is 36.4 Å². The summed E-state index contributed by atoms with van der Waals surface area (Å²) in [4.78, 5) is 24.7. The summed E-state index contributed by atoms with van der Waals surface area (Å²) >= 11 is 0. The number of halogens is 3. The summed E-state index contributed by atoms with van der Waals surface area (Å²) < 4.78 is 49.5. The molecule has 2 heterocycles. The summed E-state index contributed by atoms with van der Waals surface area (Å²) in [6, 6.07) is 17.7. The largest absolute Gasteiger partial charge is 0.465 e. The van der Waals surface area contributed by atoms with Crippen molar-refractivity contribution >= 4 is 29.5 Å². The smallest absolute Gasteiger partial charge is 0.416 e. The molecule has 5 nitrogen and oxygen atoms in total. The van der Waals surface area contributed by atoms with Crippen LogP contribution in [-0.2, 0) is 11.0 Å². The van der Waals surface area contributed by atoms with Gasteiger partial charge in [0.05, 0.1) is 11.8 Å². The van der Waals surface area contributed by atoms with Crippen molar-refractivity contribution in [3.05, 3.63) is 114 Å². The number of anilines is 1. The van der Waals surface area contributed by atoms with Crippen molar-refractivity contribution in [2.45, 2.75) is 6.18 Å². The molecule has 4 rings (SSSR count). The Balaban J connectivity index is 1.41. The van der Waals surface area contributed by atoms with Crippen molar-refractivity contribution in [3.8, 4) is 11.3 Å². The molecule has 0 aliphatic carbocycles. The highest BCUT2D eigenvalue weighted by Crippen LogP contribution is 2.32. The molecule has 0 spiro atoms. The first-order valence-electron chi connectivity index (χ1n) is 10.4. The average Bonchev–Trinajstić information content (AvgIpc) is 3.53. The second-order valence-corrected chi connectivity index (χ2v) is 7.40. The Bertz CT molecular complexity index is 1400. The molecule has 0 aliphatic rings. The monoisotopic (exact) mass is 477 g/mol. The van der Waals surface area contributed by atoms with Crippen molar-refractivity contribution in [1.82, 2.24) is 0 Å². The molecule has 176 valence electrons. The summed E-state index contributed by atoms with van der Waals surface area (Å²) in [6.07, 6.45) is 2.58. The van der Waals surface area contributed by atoms with Gasteiger partial charge in [-0.3, -0.25) is 9.59 Å². The lowest BCUT2D eigenvalue weighted by Crippen LogP contribution is -2.08. The SMILES string of the molecule is O=C(/C=C/c1ccco1)Nc1cccc(C(=O)/C=C/c2ccc(-c3cccc(C(F)(F)F)c3)o2)c1. The van der Waals surface area contributed by atoms with E-state index in [0.717, 1.165) is 12.1 Å². The van der Waals surface area contributed by atoms with Crippen LogP contribution in [0.4, 0.5) is 18.9 Å². The van der Waals surface area contributed by atoms with Gasteiger partial charge in [-0.05, 0) is 66.8 Å². The third kappa shape index (κ3) is 6.26. The number of rotatable bonds is 7. The Hall–Kier alpha value is -4.59. The van der Waals surface area contributed by atoms with Gasteiger partial charge in [-0.1, -0.05) is 24.3 Å². The van der Waals surface area contributed by atoms with E-state index in [-0.39, 0.29) is 23.0 Å². The van der Waals surface area contributed by atoms with Gasteiger partial charge in [0.2, 0.25) is 5.91 Å². The van der Waals surface area contributed by atoms with Crippen LogP contribution in [0, 0.1) is 0 Å². The number of alkyl halides is 3. The Labute approximate surface area is 198 Å². The standard InChI is InChI=1S/C27H18F3NO4/c28-27(29,30)20-6-1-5-19(16-20)25-13-10-23(35-25)9-12-24(32)18-4-2-7-21(17-18)31-26(33)14-11-22-8-3-15-34-22/h1-17H,(H,31,33)/b12-9+,14-11+. The molecule has 2 aromatic carbocycles. The molecule has 0 fully saturated rings. The molecule has 0 aliphatic heterocycles. The molecule has 1 amide bonds. The van der Waals surface area contributed by atoms with Crippen LogP contribution in [0.15, 0.2) is 100 Å². The van der Waals surface area contributed by atoms with Gasteiger partial charge in [0, 0.05) is 22.9 Å². The number of benzene rings is 2. The van der Waals surface area contributed by atoms with Crippen LogP contribution < -0.4 is 5.32 Å². The van der Waals surface area contributed by atoms with Crippen LogP contribution in [0.5, 0.6) is 0 Å². The van der Waals surface area contributed by atoms with E-state index >= 15 is 0 Å². The minimum atomic E-state index is -4.46. The van der Waals surface area contributed by atoms with E-state index in [2.05, 4.69) is 5.32 Å². The normalized spacial score (nSPS) is 11.9. The molecule has 0 saturated carbocycles. The van der Waals surface area contributed by atoms with Crippen LogP contribution >= 0.6 is 0 Å². The van der Waals surface area contributed by atoms with E-state index in [9.17, 15) is 22.8 Å². The summed E-state index contributed by atoms with van der Waals surface area (Å²) in [7, 11) is 0. The molecule has 4 aromatic rings. The highest BCUT2D eigenvalue weighted by molar-refractivity contribution is 6.08. The number of carbonyl (C=O) groups is 2. The molecular formula is C27H18F3NO4. The molecule has 0 radical (unpaired) electrons. The van der Waals surface area contributed by atoms with Gasteiger partial charge in [0.15, 0.2) is 5.78 Å². The fourth-order valence-corrected chi connectivity index (χ4v) is 3.18. The second kappa shape index (κ2) is 10.1. The number of amides is 1. The lowest BCUT2D eigenvalue weighted by molar-refractivity contribution is -0.137. The van der Waals surface area contributed by atoms with E-state index in [1.165, 1.54) is 54.8 Å². The minimum Gasteiger partial charge on any atom is -0.465 e. The highest BCUT2D eigenvalue weighted by Gasteiger charge is 2.30. The number of furan rings is 2. The van der Waals surface area contributed by atoms with Gasteiger partial charge in [0.1, 0.15) is 17.3 Å². The first kappa shape index (κ1) is 23.6. The van der Waals surface area contributed by atoms with Gasteiger partial charge >= 0.3 is 6.18 Å². The first-order valence-corrected chi connectivity index (χ1v) is 10.4. The molecule has 1 N–H and O–H groups in total. The molecule has 0 unspecified atom stereocenters. The van der Waals surface area contributed by atoms with Gasteiger partial charge in [-0.25, -0.2) is 0 Å². The Morgan fingerprint density at radius 3 is 2.40 bits per heavy atom. The van der Waals surface area contributed by atoms with Gasteiger partial charge in [0.25, 0.3) is 0 Å². The van der Waals surface area contributed by atoms with E-state index in [4.69, 9.17) is 8.83 Å². The van der Waals surface area contributed by atoms with E-state index < -0.39 is 11.7 Å². The number of allylic oxidation sites excluding steroid dienone is 1. The zero-order chi connectivity index (χ0) is 24.8. The van der Waals surface area contributed by atoms with E-state index in [1.807, 2.05) is 0 Å². The van der Waals surface area contributed by atoms with Gasteiger partial charge < -0.3 is 14.2 Å². The summed E-state index contributed by atoms with van der Waals surface area (Å²) in [5.41, 5.74) is 0.263. The van der Waals surface area contributed by atoms with Crippen LogP contribution in [0.2, 0.25) is 0 Å². The van der Waals surface area contributed by atoms with Crippen LogP contribution in [0.1, 0.15) is 27.4 Å². The Morgan fingerprint density at radius 2 is 1.63 bits per heavy atom. The van der Waals surface area contributed by atoms with Crippen molar-refractivity contribution < 1.29 is 31.6 Å². The number of carbonyl (C=O) groups excluding carboxylic acids is 2. The number of hydrogen-bond donors (Lipinski definition) is 1. The number of nitrogens with one attached hydrogen (secondary N) is 1. The summed E-state index contributed by atoms with van der Waals surface area (Å²) in [5, 5.41) is 2.67. The molecule has 0 saturated heterocycles. The quantitative estimate of drug-likeness (QED) is 0.228. The average molecular weight is 477 g/mol. The van der Waals surface area contributed by atoms with E-state index in [0.29, 0.717) is 22.8 Å². The Kier molecular flexibility index (Phi) is 6.82. The topological polar surface area (TPSA) is 72.5 Å². The zero-order valence-corrected chi connectivity index (χ0v) is 18.1. The predicted molar refractivity (Wildman–Crippen MR) is 125 cm³/mol.